The molecule has 6 rings (SSSR count). The molecule has 4 fully saturated rings. The number of guanidine groups is 1. The van der Waals surface area contributed by atoms with Gasteiger partial charge in [0.05, 0.1) is 25.0 Å². The van der Waals surface area contributed by atoms with Crippen LogP contribution in [0.3, 0.4) is 0 Å². The topological polar surface area (TPSA) is 508 Å². The van der Waals surface area contributed by atoms with E-state index < -0.39 is 145 Å². The molecule has 2 aromatic carbocycles. The third kappa shape index (κ3) is 22.5. The highest BCUT2D eigenvalue weighted by molar-refractivity contribution is 8.76. The Morgan fingerprint density at radius 1 is 0.656 bits per heavy atom. The van der Waals surface area contributed by atoms with E-state index in [0.717, 1.165) is 27.3 Å². The number of phenolic OH excluding ortho intramolecular Hbond substituents is 1. The third-order valence-corrected chi connectivity index (χ3v) is 19.0. The minimum absolute atomic E-state index is 0.00111. The minimum Gasteiger partial charge on any atom is -0.508 e. The van der Waals surface area contributed by atoms with Crippen LogP contribution in [0.4, 0.5) is 4.79 Å². The Balaban J connectivity index is 1.34. The molecular formula is C56H79N17O14S3. The Morgan fingerprint density at radius 3 is 1.96 bits per heavy atom. The number of nitrogens with zero attached hydrogens (tertiary/aromatic N) is 2. The first kappa shape index (κ1) is 70.6. The van der Waals surface area contributed by atoms with Crippen molar-refractivity contribution in [1.82, 2.24) is 58.1 Å². The fourth-order valence-electron chi connectivity index (χ4n) is 10.4. The number of primary amides is 3. The molecule has 4 saturated heterocycles. The number of hydrogen-bond acceptors (Lipinski definition) is 18. The number of phenols is 1. The normalized spacial score (nSPS) is 24.6. The SMILES string of the molecule is NC(=O)CC[C@@H]1NC(=O)[C@@H](Cc2ccccc2)NC(=O)[C@H](Cc2ccc(O)cc2)NC(=O)[C@@H](NC(=O)CCCC[C@H]2SC[C@H]3NC(=O)N[C@H]32)CSSC[C@@H](C(=O)N2CCC[C@@H]2C(=O)N[C@H](CCCN=C(N)N)C(=O)NCC(N)=O)NC(=O)[C@H](CC(N)=O)NC1=O. The highest BCUT2D eigenvalue weighted by Crippen LogP contribution is 2.33. The highest BCUT2D eigenvalue weighted by Gasteiger charge is 2.44. The molecule has 90 heavy (non-hydrogen) atoms. The van der Waals surface area contributed by atoms with Gasteiger partial charge in [0.25, 0.3) is 0 Å². The molecule has 0 saturated carbocycles. The van der Waals surface area contributed by atoms with Crippen molar-refractivity contribution >= 4 is 116 Å². The van der Waals surface area contributed by atoms with Crippen molar-refractivity contribution in [3.63, 3.8) is 0 Å². The largest absolute Gasteiger partial charge is 0.508 e. The van der Waals surface area contributed by atoms with Crippen LogP contribution in [-0.2, 0) is 70.4 Å². The zero-order valence-electron chi connectivity index (χ0n) is 49.2. The number of likely N-dealkylation sites (tertiary alicyclic amines) is 1. The quantitative estimate of drug-likeness (QED) is 0.0146. The van der Waals surface area contributed by atoms with E-state index in [2.05, 4.69) is 58.2 Å². The second kappa shape index (κ2) is 35.0. The van der Waals surface area contributed by atoms with Crippen molar-refractivity contribution in [1.29, 1.82) is 0 Å². The summed E-state index contributed by atoms with van der Waals surface area (Å²) in [5, 5.41) is 36.9. The van der Waals surface area contributed by atoms with Crippen molar-refractivity contribution < 1.29 is 67.4 Å². The number of unbranched alkanes of at least 4 members (excludes halogenated alkanes) is 1. The molecule has 4 heterocycles. The van der Waals surface area contributed by atoms with E-state index in [-0.39, 0.29) is 105 Å². The standard InChI is InChI=1S/C56H79N17O14S3/c57-42(75)19-18-33-48(80)69-36(24-43(58)76)51(83)70-39(54(86)73-21-7-11-40(73)53(85)66-32(10-6-20-62-55(60)61)47(79)63-25-44(59)77)28-90-89-27-38(64-45(78)13-5-4-12-41-46-37(26-88-41)71-56(87)72-46)52(84)68-35(23-30-14-16-31(74)17-15-30)50(82)67-34(49(81)65-33)22-29-8-2-1-3-9-29/h1-3,8-9,14-17,32-41,46,74H,4-7,10-13,18-28H2,(H2,57,75)(H2,58,76)(H2,59,77)(H,63,79)(H,64,78)(H,65,81)(H,66,85)(H,67,82)(H,68,84)(H,69,80)(H,70,83)(H4,60,61,62)(H2,71,72,87)/t32-,33+,34-,35+,36+,37-,38+,39+,40-,41-,46-/m1/s1. The van der Waals surface area contributed by atoms with Crippen molar-refractivity contribution in [2.24, 2.45) is 33.7 Å². The molecule has 0 radical (unpaired) electrons. The van der Waals surface area contributed by atoms with E-state index in [0.29, 0.717) is 30.4 Å². The van der Waals surface area contributed by atoms with Gasteiger partial charge in [0.15, 0.2) is 5.96 Å². The van der Waals surface area contributed by atoms with Crippen molar-refractivity contribution in [3.05, 3.63) is 65.7 Å². The number of carbonyl (C=O) groups is 13. The zero-order valence-corrected chi connectivity index (χ0v) is 51.7. The van der Waals surface area contributed by atoms with Crippen LogP contribution in [0.5, 0.6) is 5.75 Å². The molecule has 0 aliphatic carbocycles. The van der Waals surface area contributed by atoms with Gasteiger partial charge in [-0.1, -0.05) is 70.5 Å². The van der Waals surface area contributed by atoms with Crippen LogP contribution in [-0.4, -0.2) is 195 Å². The Morgan fingerprint density at radius 2 is 1.29 bits per heavy atom. The van der Waals surface area contributed by atoms with Gasteiger partial charge in [-0.05, 0) is 68.2 Å². The summed E-state index contributed by atoms with van der Waals surface area (Å²) < 4.78 is 0. The van der Waals surface area contributed by atoms with Crippen molar-refractivity contribution in [3.8, 4) is 5.75 Å². The van der Waals surface area contributed by atoms with Crippen LogP contribution in [0.25, 0.3) is 0 Å². The Kier molecular flexibility index (Phi) is 27.5. The maximum Gasteiger partial charge on any atom is 0.315 e. The van der Waals surface area contributed by atoms with Crippen LogP contribution < -0.4 is 81.8 Å². The Hall–Kier alpha value is -8.53. The van der Waals surface area contributed by atoms with E-state index in [1.54, 1.807) is 42.1 Å². The number of aliphatic imine (C=N–C) groups is 1. The van der Waals surface area contributed by atoms with Gasteiger partial charge in [-0.15, -0.1) is 0 Å². The first-order valence-corrected chi connectivity index (χ1v) is 32.8. The molecule has 0 spiro atoms. The van der Waals surface area contributed by atoms with Gasteiger partial charge in [0.2, 0.25) is 70.9 Å². The predicted octanol–water partition coefficient (Wildman–Crippen LogP) is -4.52. The summed E-state index contributed by atoms with van der Waals surface area (Å²) in [7, 11) is 1.92. The molecule has 31 nitrogen and oxygen atoms in total. The second-order valence-corrected chi connectivity index (χ2v) is 25.8. The molecule has 490 valence electrons. The van der Waals surface area contributed by atoms with Crippen LogP contribution in [0.2, 0.25) is 0 Å². The number of aromatic hydroxyl groups is 1. The maximum atomic E-state index is 15.0. The van der Waals surface area contributed by atoms with Gasteiger partial charge in [0.1, 0.15) is 54.1 Å². The summed E-state index contributed by atoms with van der Waals surface area (Å²) in [6.45, 7) is -0.533. The molecule has 11 atom stereocenters. The summed E-state index contributed by atoms with van der Waals surface area (Å²) in [6.07, 6.45) is -0.0875. The van der Waals surface area contributed by atoms with Crippen molar-refractivity contribution in [2.45, 2.75) is 149 Å². The lowest BCUT2D eigenvalue weighted by Gasteiger charge is -2.31. The van der Waals surface area contributed by atoms with Crippen LogP contribution >= 0.6 is 33.3 Å². The number of fused-ring (bicyclic) bond motifs is 1. The van der Waals surface area contributed by atoms with E-state index in [4.69, 9.17) is 28.7 Å². The predicted molar refractivity (Wildman–Crippen MR) is 333 cm³/mol. The highest BCUT2D eigenvalue weighted by atomic mass is 33.1. The number of rotatable bonds is 25. The lowest BCUT2D eigenvalue weighted by molar-refractivity contribution is -0.142. The van der Waals surface area contributed by atoms with Gasteiger partial charge < -0.3 is 91.8 Å². The first-order chi connectivity index (χ1) is 42.9. The molecule has 0 unspecified atom stereocenters. The molecule has 34 heteroatoms. The Bertz CT molecular complexity index is 2970. The van der Waals surface area contributed by atoms with E-state index in [1.807, 2.05) is 0 Å². The van der Waals surface area contributed by atoms with Gasteiger partial charge in [-0.25, -0.2) is 4.79 Å². The van der Waals surface area contributed by atoms with Gasteiger partial charge in [-0.2, -0.15) is 11.8 Å². The van der Waals surface area contributed by atoms with E-state index in [1.165, 1.54) is 29.2 Å². The lowest BCUT2D eigenvalue weighted by atomic mass is 10.0. The molecule has 4 aliphatic rings. The van der Waals surface area contributed by atoms with E-state index in [9.17, 15) is 67.4 Å². The number of hydrogen-bond donors (Lipinski definition) is 16. The van der Waals surface area contributed by atoms with Crippen LogP contribution in [0.15, 0.2) is 59.6 Å². The molecule has 21 N–H and O–H groups in total. The van der Waals surface area contributed by atoms with E-state index >= 15 is 0 Å². The fraction of sp³-hybridized carbons (Fsp3) is 0.536. The van der Waals surface area contributed by atoms with Crippen LogP contribution in [0.1, 0.15) is 81.8 Å². The summed E-state index contributed by atoms with van der Waals surface area (Å²) >= 11 is 1.72. The number of nitrogens with two attached hydrogens (primary N) is 5. The monoisotopic (exact) mass is 1310 g/mol. The number of thioether (sulfide) groups is 1. The minimum atomic E-state index is -1.85. The van der Waals surface area contributed by atoms with Crippen molar-refractivity contribution in [2.75, 3.05) is 36.9 Å². The number of amides is 14. The van der Waals surface area contributed by atoms with Gasteiger partial charge >= 0.3 is 6.03 Å². The Labute approximate surface area is 530 Å². The lowest BCUT2D eigenvalue weighted by Crippen LogP contribution is -2.61. The smallest absolute Gasteiger partial charge is 0.315 e. The molecule has 14 amide bonds. The molecule has 2 aromatic rings. The third-order valence-electron chi connectivity index (χ3n) is 15.0. The fourth-order valence-corrected chi connectivity index (χ4v) is 14.3. The maximum absolute atomic E-state index is 15.0. The molecule has 4 aliphatic heterocycles. The first-order valence-electron chi connectivity index (χ1n) is 29.3. The zero-order chi connectivity index (χ0) is 65.4. The summed E-state index contributed by atoms with van der Waals surface area (Å²) in [5.74, 6) is -10.9. The number of benzene rings is 2. The summed E-state index contributed by atoms with van der Waals surface area (Å²) in [4.78, 5) is 183. The second-order valence-electron chi connectivity index (χ2n) is 22.0. The van der Waals surface area contributed by atoms with Gasteiger partial charge in [-0.3, -0.25) is 62.5 Å². The molecule has 0 bridgehead atoms. The summed E-state index contributed by atoms with van der Waals surface area (Å²) in [5.41, 5.74) is 28.3. The summed E-state index contributed by atoms with van der Waals surface area (Å²) in [6, 6.07) is 1.83. The number of urea groups is 1. The average molecular weight is 1310 g/mol. The molecule has 0 aromatic heterocycles. The molecular weight excluding hydrogens is 1230 g/mol. The van der Waals surface area contributed by atoms with Crippen LogP contribution in [0, 0.1) is 0 Å². The number of carbonyl (C=O) groups excluding carboxylic acids is 13. The number of nitrogens with one attached hydrogen (secondary N) is 10. The average Bonchev–Trinajstić information content (AvgIpc) is 1.93. The van der Waals surface area contributed by atoms with Gasteiger partial charge in [0, 0.05) is 61.3 Å².